The summed E-state index contributed by atoms with van der Waals surface area (Å²) in [5.74, 6) is 0.506. The van der Waals surface area contributed by atoms with Gasteiger partial charge in [-0.25, -0.2) is 4.79 Å². The van der Waals surface area contributed by atoms with E-state index in [-0.39, 0.29) is 0 Å². The lowest BCUT2D eigenvalue weighted by Crippen LogP contribution is -2.18. The van der Waals surface area contributed by atoms with Crippen molar-refractivity contribution in [1.82, 2.24) is 0 Å². The van der Waals surface area contributed by atoms with Gasteiger partial charge in [-0.15, -0.1) is 0 Å². The predicted molar refractivity (Wildman–Crippen MR) is 124 cm³/mol. The molecule has 0 bridgehead atoms. The summed E-state index contributed by atoms with van der Waals surface area (Å²) in [6, 6.07) is 14.7. The molecule has 0 aliphatic heterocycles. The number of hydrogen-bond donors (Lipinski definition) is 1. The Bertz CT molecular complexity index is 809. The molecule has 2 aliphatic carbocycles. The fraction of sp³-hybridized carbons (Fsp3) is 0.519. The van der Waals surface area contributed by atoms with Gasteiger partial charge in [-0.2, -0.15) is 0 Å². The van der Waals surface area contributed by atoms with Crippen LogP contribution in [0.2, 0.25) is 0 Å². The van der Waals surface area contributed by atoms with Crippen LogP contribution in [0.25, 0.3) is 0 Å². The second kappa shape index (κ2) is 9.68. The van der Waals surface area contributed by atoms with Crippen molar-refractivity contribution >= 4 is 17.3 Å². The molecule has 160 valence electrons. The standard InChI is InChI=1S/C27H35NO2/c1-2-28(25-15-13-22(14-16-25)27(29)30)26-18-23(20-9-5-3-6-10-20)17-24(19-26)21-11-7-4-8-12-21/h13-21H,2-12H2,1H3,(H,29,30). The van der Waals surface area contributed by atoms with E-state index in [1.165, 1.54) is 81.0 Å². The first-order valence-electron chi connectivity index (χ1n) is 11.9. The first-order chi connectivity index (χ1) is 14.7. The van der Waals surface area contributed by atoms with Gasteiger partial charge in [-0.05, 0) is 92.0 Å². The Balaban J connectivity index is 1.70. The lowest BCUT2D eigenvalue weighted by molar-refractivity contribution is 0.0697. The molecule has 3 nitrogen and oxygen atoms in total. The van der Waals surface area contributed by atoms with Crippen LogP contribution < -0.4 is 4.90 Å². The molecule has 3 heteroatoms. The van der Waals surface area contributed by atoms with Gasteiger partial charge in [-0.3, -0.25) is 0 Å². The van der Waals surface area contributed by atoms with Crippen LogP contribution in [0.15, 0.2) is 42.5 Å². The number of carbonyl (C=O) groups is 1. The second-order valence-electron chi connectivity index (χ2n) is 9.12. The number of aromatic carboxylic acids is 1. The van der Waals surface area contributed by atoms with Gasteiger partial charge in [0.25, 0.3) is 0 Å². The molecule has 0 atom stereocenters. The third-order valence-electron chi connectivity index (χ3n) is 7.17. The molecule has 0 radical (unpaired) electrons. The van der Waals surface area contributed by atoms with Gasteiger partial charge in [0, 0.05) is 17.9 Å². The average Bonchev–Trinajstić information content (AvgIpc) is 2.81. The topological polar surface area (TPSA) is 40.5 Å². The zero-order chi connectivity index (χ0) is 20.9. The van der Waals surface area contributed by atoms with E-state index in [4.69, 9.17) is 0 Å². The molecule has 2 fully saturated rings. The van der Waals surface area contributed by atoms with Gasteiger partial charge in [0.15, 0.2) is 0 Å². The molecule has 2 aromatic carbocycles. The molecule has 0 unspecified atom stereocenters. The Labute approximate surface area is 181 Å². The van der Waals surface area contributed by atoms with Crippen molar-refractivity contribution in [3.05, 3.63) is 59.2 Å². The number of carboxylic acid groups (broad SMARTS) is 1. The highest BCUT2D eigenvalue weighted by atomic mass is 16.4. The van der Waals surface area contributed by atoms with Crippen molar-refractivity contribution in [2.45, 2.75) is 83.0 Å². The van der Waals surface area contributed by atoms with Gasteiger partial charge in [0.05, 0.1) is 5.56 Å². The van der Waals surface area contributed by atoms with Crippen LogP contribution in [0.5, 0.6) is 0 Å². The fourth-order valence-electron chi connectivity index (χ4n) is 5.46. The van der Waals surface area contributed by atoms with Crippen molar-refractivity contribution in [3.63, 3.8) is 0 Å². The number of carboxylic acids is 1. The van der Waals surface area contributed by atoms with Gasteiger partial charge >= 0.3 is 5.97 Å². The maximum Gasteiger partial charge on any atom is 0.335 e. The summed E-state index contributed by atoms with van der Waals surface area (Å²) < 4.78 is 0. The zero-order valence-electron chi connectivity index (χ0n) is 18.3. The third-order valence-corrected chi connectivity index (χ3v) is 7.17. The van der Waals surface area contributed by atoms with E-state index < -0.39 is 5.97 Å². The minimum absolute atomic E-state index is 0.341. The van der Waals surface area contributed by atoms with E-state index in [0.717, 1.165) is 12.2 Å². The normalized spacial score (nSPS) is 18.3. The molecular weight excluding hydrogens is 370 g/mol. The molecule has 2 aromatic rings. The molecule has 0 saturated heterocycles. The summed E-state index contributed by atoms with van der Waals surface area (Å²) in [7, 11) is 0. The molecule has 2 saturated carbocycles. The Morgan fingerprint density at radius 2 is 1.30 bits per heavy atom. The highest BCUT2D eigenvalue weighted by Crippen LogP contribution is 2.40. The highest BCUT2D eigenvalue weighted by Gasteiger charge is 2.22. The Kier molecular flexibility index (Phi) is 6.76. The van der Waals surface area contributed by atoms with Crippen molar-refractivity contribution in [2.75, 3.05) is 11.4 Å². The number of rotatable bonds is 6. The molecule has 30 heavy (non-hydrogen) atoms. The van der Waals surface area contributed by atoms with E-state index in [9.17, 15) is 9.90 Å². The van der Waals surface area contributed by atoms with Crippen molar-refractivity contribution < 1.29 is 9.90 Å². The Morgan fingerprint density at radius 3 is 1.73 bits per heavy atom. The maximum atomic E-state index is 11.2. The van der Waals surface area contributed by atoms with E-state index in [0.29, 0.717) is 17.4 Å². The number of nitrogens with zero attached hydrogens (tertiary/aromatic N) is 1. The Morgan fingerprint density at radius 1 is 0.800 bits per heavy atom. The third kappa shape index (κ3) is 4.71. The smallest absolute Gasteiger partial charge is 0.335 e. The predicted octanol–water partition coefficient (Wildman–Crippen LogP) is 7.64. The fourth-order valence-corrected chi connectivity index (χ4v) is 5.46. The maximum absolute atomic E-state index is 11.2. The van der Waals surface area contributed by atoms with E-state index in [1.54, 1.807) is 12.1 Å². The van der Waals surface area contributed by atoms with Gasteiger partial charge in [0.1, 0.15) is 0 Å². The van der Waals surface area contributed by atoms with Crippen LogP contribution in [0.4, 0.5) is 11.4 Å². The SMILES string of the molecule is CCN(c1ccc(C(=O)O)cc1)c1cc(C2CCCCC2)cc(C2CCCCC2)c1. The molecule has 0 heterocycles. The summed E-state index contributed by atoms with van der Waals surface area (Å²) in [6.45, 7) is 3.04. The number of anilines is 2. The van der Waals surface area contributed by atoms with Gasteiger partial charge in [0.2, 0.25) is 0 Å². The van der Waals surface area contributed by atoms with Crippen molar-refractivity contribution in [2.24, 2.45) is 0 Å². The largest absolute Gasteiger partial charge is 0.478 e. The molecule has 0 aromatic heterocycles. The molecule has 4 rings (SSSR count). The lowest BCUT2D eigenvalue weighted by Gasteiger charge is -2.30. The van der Waals surface area contributed by atoms with Crippen LogP contribution in [-0.4, -0.2) is 17.6 Å². The van der Waals surface area contributed by atoms with E-state index in [1.807, 2.05) is 12.1 Å². The average molecular weight is 406 g/mol. The highest BCUT2D eigenvalue weighted by molar-refractivity contribution is 5.88. The van der Waals surface area contributed by atoms with E-state index in [2.05, 4.69) is 30.0 Å². The zero-order valence-corrected chi connectivity index (χ0v) is 18.3. The number of benzene rings is 2. The van der Waals surface area contributed by atoms with E-state index >= 15 is 0 Å². The van der Waals surface area contributed by atoms with Crippen LogP contribution in [-0.2, 0) is 0 Å². The quantitative estimate of drug-likeness (QED) is 0.537. The molecule has 0 amide bonds. The first-order valence-corrected chi connectivity index (χ1v) is 11.9. The van der Waals surface area contributed by atoms with Crippen molar-refractivity contribution in [3.8, 4) is 0 Å². The summed E-state index contributed by atoms with van der Waals surface area (Å²) in [6.07, 6.45) is 13.4. The van der Waals surface area contributed by atoms with Gasteiger partial charge < -0.3 is 10.0 Å². The molecule has 1 N–H and O–H groups in total. The van der Waals surface area contributed by atoms with Crippen molar-refractivity contribution in [1.29, 1.82) is 0 Å². The number of hydrogen-bond acceptors (Lipinski definition) is 2. The minimum atomic E-state index is -0.872. The summed E-state index contributed by atoms with van der Waals surface area (Å²) in [4.78, 5) is 13.6. The molecule has 2 aliphatic rings. The summed E-state index contributed by atoms with van der Waals surface area (Å²) in [5, 5.41) is 9.24. The monoisotopic (exact) mass is 405 g/mol. The second-order valence-corrected chi connectivity index (χ2v) is 9.12. The van der Waals surface area contributed by atoms with Crippen LogP contribution in [0.1, 0.15) is 104 Å². The lowest BCUT2D eigenvalue weighted by atomic mass is 9.79. The molecular formula is C27H35NO2. The van der Waals surface area contributed by atoms with Crippen LogP contribution in [0, 0.1) is 0 Å². The van der Waals surface area contributed by atoms with Crippen LogP contribution in [0.3, 0.4) is 0 Å². The Hall–Kier alpha value is -2.29. The van der Waals surface area contributed by atoms with Gasteiger partial charge in [-0.1, -0.05) is 44.6 Å². The minimum Gasteiger partial charge on any atom is -0.478 e. The summed E-state index contributed by atoms with van der Waals surface area (Å²) >= 11 is 0. The van der Waals surface area contributed by atoms with Crippen LogP contribution >= 0.6 is 0 Å². The molecule has 0 spiro atoms. The first kappa shape index (κ1) is 21.0. The summed E-state index contributed by atoms with van der Waals surface area (Å²) in [5.41, 5.74) is 5.72.